The number of aryl methyl sites for hydroxylation is 1. The van der Waals surface area contributed by atoms with Gasteiger partial charge in [0.2, 0.25) is 0 Å². The maximum absolute atomic E-state index is 13.4. The molecule has 0 aliphatic carbocycles. The van der Waals surface area contributed by atoms with Crippen LogP contribution in [-0.4, -0.2) is 6.18 Å². The number of alkyl halides is 3. The van der Waals surface area contributed by atoms with E-state index in [9.17, 15) is 17.6 Å². The van der Waals surface area contributed by atoms with Gasteiger partial charge < -0.3 is 5.73 Å². The molecule has 0 radical (unpaired) electrons. The molecule has 1 aromatic carbocycles. The van der Waals surface area contributed by atoms with Gasteiger partial charge in [-0.05, 0) is 18.6 Å². The zero-order valence-corrected chi connectivity index (χ0v) is 8.46. The van der Waals surface area contributed by atoms with Crippen LogP contribution >= 0.6 is 11.6 Å². The standard InChI is InChI=1S/C9H8ClF4N/c1-4-2-3-5(10)6(7(4)11)8(15)9(12,13)14/h2-3,8H,15H2,1H3/t8-/m0/s1. The Balaban J connectivity index is 3.31. The summed E-state index contributed by atoms with van der Waals surface area (Å²) >= 11 is 5.48. The van der Waals surface area contributed by atoms with Gasteiger partial charge in [-0.2, -0.15) is 13.2 Å². The molecule has 2 N–H and O–H groups in total. The maximum Gasteiger partial charge on any atom is 0.407 e. The summed E-state index contributed by atoms with van der Waals surface area (Å²) in [5.41, 5.74) is 4.27. The number of nitrogens with two attached hydrogens (primary N) is 1. The van der Waals surface area contributed by atoms with Gasteiger partial charge in [0.25, 0.3) is 0 Å². The topological polar surface area (TPSA) is 26.0 Å². The van der Waals surface area contributed by atoms with Crippen molar-refractivity contribution in [1.82, 2.24) is 0 Å². The van der Waals surface area contributed by atoms with Gasteiger partial charge in [0.05, 0.1) is 0 Å². The molecule has 15 heavy (non-hydrogen) atoms. The molecule has 0 saturated heterocycles. The predicted octanol–water partition coefficient (Wildman–Crippen LogP) is 3.35. The summed E-state index contributed by atoms with van der Waals surface area (Å²) in [6.07, 6.45) is -4.71. The zero-order valence-electron chi connectivity index (χ0n) is 7.70. The first-order valence-corrected chi connectivity index (χ1v) is 4.39. The molecule has 0 aliphatic heterocycles. The normalized spacial score (nSPS) is 14.1. The Kier molecular flexibility index (Phi) is 3.25. The molecule has 1 atom stereocenters. The number of benzene rings is 1. The predicted molar refractivity (Wildman–Crippen MR) is 49.1 cm³/mol. The Morgan fingerprint density at radius 1 is 1.33 bits per heavy atom. The molecule has 0 bridgehead atoms. The lowest BCUT2D eigenvalue weighted by Crippen LogP contribution is -2.29. The van der Waals surface area contributed by atoms with Crippen molar-refractivity contribution in [3.8, 4) is 0 Å². The van der Waals surface area contributed by atoms with Gasteiger partial charge in [-0.1, -0.05) is 17.7 Å². The fourth-order valence-corrected chi connectivity index (χ4v) is 1.39. The molecule has 1 rings (SSSR count). The molecule has 1 nitrogen and oxygen atoms in total. The molecular weight excluding hydrogens is 234 g/mol. The van der Waals surface area contributed by atoms with Gasteiger partial charge in [-0.15, -0.1) is 0 Å². The third-order valence-corrected chi connectivity index (χ3v) is 2.31. The minimum atomic E-state index is -4.71. The van der Waals surface area contributed by atoms with Crippen molar-refractivity contribution in [3.05, 3.63) is 34.1 Å². The summed E-state index contributed by atoms with van der Waals surface area (Å²) in [7, 11) is 0. The summed E-state index contributed by atoms with van der Waals surface area (Å²) in [6.45, 7) is 1.35. The van der Waals surface area contributed by atoms with E-state index in [-0.39, 0.29) is 10.6 Å². The number of hydrogen-bond donors (Lipinski definition) is 1. The van der Waals surface area contributed by atoms with Crippen molar-refractivity contribution in [2.24, 2.45) is 5.73 Å². The van der Waals surface area contributed by atoms with Crippen LogP contribution in [0.2, 0.25) is 5.02 Å². The van der Waals surface area contributed by atoms with Crippen LogP contribution in [0.1, 0.15) is 17.2 Å². The third-order valence-electron chi connectivity index (χ3n) is 1.98. The number of halogens is 5. The molecule has 84 valence electrons. The van der Waals surface area contributed by atoms with Crippen molar-refractivity contribution in [1.29, 1.82) is 0 Å². The highest BCUT2D eigenvalue weighted by Crippen LogP contribution is 2.36. The van der Waals surface area contributed by atoms with E-state index in [1.54, 1.807) is 0 Å². The minimum absolute atomic E-state index is 0.0779. The lowest BCUT2D eigenvalue weighted by atomic mass is 10.0. The number of rotatable bonds is 1. The van der Waals surface area contributed by atoms with Crippen molar-refractivity contribution < 1.29 is 17.6 Å². The van der Waals surface area contributed by atoms with Gasteiger partial charge >= 0.3 is 6.18 Å². The molecule has 0 amide bonds. The van der Waals surface area contributed by atoms with Gasteiger partial charge in [-0.25, -0.2) is 4.39 Å². The van der Waals surface area contributed by atoms with Gasteiger partial charge in [-0.3, -0.25) is 0 Å². The van der Waals surface area contributed by atoms with Gasteiger partial charge in [0.1, 0.15) is 11.9 Å². The van der Waals surface area contributed by atoms with E-state index in [1.165, 1.54) is 19.1 Å². The van der Waals surface area contributed by atoms with E-state index < -0.39 is 23.6 Å². The summed E-state index contributed by atoms with van der Waals surface area (Å²) in [4.78, 5) is 0. The Bertz CT molecular complexity index is 375. The largest absolute Gasteiger partial charge is 0.407 e. The lowest BCUT2D eigenvalue weighted by molar-refractivity contribution is -0.149. The Labute approximate surface area is 88.8 Å². The quantitative estimate of drug-likeness (QED) is 0.750. The second kappa shape index (κ2) is 3.98. The summed E-state index contributed by atoms with van der Waals surface area (Å²) < 4.78 is 50.2. The Morgan fingerprint density at radius 3 is 2.33 bits per heavy atom. The van der Waals surface area contributed by atoms with E-state index >= 15 is 0 Å². The molecule has 1 aromatic rings. The highest BCUT2D eigenvalue weighted by Gasteiger charge is 2.40. The highest BCUT2D eigenvalue weighted by molar-refractivity contribution is 6.31. The van der Waals surface area contributed by atoms with Gasteiger partial charge in [0, 0.05) is 10.6 Å². The highest BCUT2D eigenvalue weighted by atomic mass is 35.5. The third kappa shape index (κ3) is 2.41. The molecule has 0 spiro atoms. The van der Waals surface area contributed by atoms with Crippen LogP contribution in [0, 0.1) is 12.7 Å². The Hall–Kier alpha value is -0.810. The van der Waals surface area contributed by atoms with E-state index in [0.717, 1.165) is 0 Å². The molecule has 0 saturated carbocycles. The lowest BCUT2D eigenvalue weighted by Gasteiger charge is -2.18. The summed E-state index contributed by atoms with van der Waals surface area (Å²) in [6, 6.07) is 0.0930. The molecule has 0 unspecified atom stereocenters. The smallest absolute Gasteiger partial charge is 0.316 e. The van der Waals surface area contributed by atoms with Crippen molar-refractivity contribution in [2.45, 2.75) is 19.1 Å². The number of hydrogen-bond acceptors (Lipinski definition) is 1. The van der Waals surface area contributed by atoms with E-state index in [0.29, 0.717) is 0 Å². The first-order chi connectivity index (χ1) is 6.75. The van der Waals surface area contributed by atoms with E-state index in [4.69, 9.17) is 17.3 Å². The first-order valence-electron chi connectivity index (χ1n) is 4.02. The molecular formula is C9H8ClF4N. The minimum Gasteiger partial charge on any atom is -0.316 e. The monoisotopic (exact) mass is 241 g/mol. The van der Waals surface area contributed by atoms with Crippen LogP contribution in [0.25, 0.3) is 0 Å². The summed E-state index contributed by atoms with van der Waals surface area (Å²) in [5, 5.41) is -0.317. The van der Waals surface area contributed by atoms with Crippen LogP contribution in [0.15, 0.2) is 12.1 Å². The van der Waals surface area contributed by atoms with E-state index in [2.05, 4.69) is 0 Å². The molecule has 0 heterocycles. The van der Waals surface area contributed by atoms with Crippen molar-refractivity contribution >= 4 is 11.6 Å². The van der Waals surface area contributed by atoms with Gasteiger partial charge in [0.15, 0.2) is 0 Å². The molecule has 0 aromatic heterocycles. The average Bonchev–Trinajstić information content (AvgIpc) is 2.10. The summed E-state index contributed by atoms with van der Waals surface area (Å²) in [5.74, 6) is -1.01. The van der Waals surface area contributed by atoms with E-state index in [1.807, 2.05) is 0 Å². The van der Waals surface area contributed by atoms with Crippen LogP contribution < -0.4 is 5.73 Å². The first kappa shape index (κ1) is 12.3. The van der Waals surface area contributed by atoms with Crippen LogP contribution in [0.5, 0.6) is 0 Å². The fourth-order valence-electron chi connectivity index (χ4n) is 1.13. The van der Waals surface area contributed by atoms with Crippen LogP contribution in [0.4, 0.5) is 17.6 Å². The molecule has 0 aliphatic rings. The Morgan fingerprint density at radius 2 is 1.87 bits per heavy atom. The zero-order chi connectivity index (χ0) is 11.8. The fraction of sp³-hybridized carbons (Fsp3) is 0.333. The van der Waals surface area contributed by atoms with Crippen molar-refractivity contribution in [2.75, 3.05) is 0 Å². The van der Waals surface area contributed by atoms with Crippen LogP contribution in [0.3, 0.4) is 0 Å². The second-order valence-corrected chi connectivity index (χ2v) is 3.52. The SMILES string of the molecule is Cc1ccc(Cl)c([C@H](N)C(F)(F)F)c1F. The second-order valence-electron chi connectivity index (χ2n) is 3.11. The maximum atomic E-state index is 13.4. The van der Waals surface area contributed by atoms with Crippen LogP contribution in [-0.2, 0) is 0 Å². The average molecular weight is 242 g/mol. The molecule has 0 fully saturated rings. The molecule has 6 heteroatoms. The van der Waals surface area contributed by atoms with Crippen molar-refractivity contribution in [3.63, 3.8) is 0 Å².